The van der Waals surface area contributed by atoms with Gasteiger partial charge >= 0.3 is 5.97 Å². The summed E-state index contributed by atoms with van der Waals surface area (Å²) in [6.07, 6.45) is 0. The van der Waals surface area contributed by atoms with Crippen LogP contribution >= 0.6 is 11.3 Å². The lowest BCUT2D eigenvalue weighted by atomic mass is 10.3. The number of carbonyl (C=O) groups is 2. The molecule has 0 radical (unpaired) electrons. The first-order valence-electron chi connectivity index (χ1n) is 4.53. The second-order valence-corrected chi connectivity index (χ2v) is 3.71. The van der Waals surface area contributed by atoms with Crippen molar-refractivity contribution in [3.8, 4) is 0 Å². The number of carboxylic acid groups (broad SMARTS) is 1. The predicted octanol–water partition coefficient (Wildman–Crippen LogP) is 0.316. The Hall–Kier alpha value is -1.47. The molecule has 0 aliphatic heterocycles. The largest absolute Gasteiger partial charge is 0.480 e. The second kappa shape index (κ2) is 6.19. The third-order valence-electron chi connectivity index (χ3n) is 1.83. The fourth-order valence-corrected chi connectivity index (χ4v) is 1.62. The van der Waals surface area contributed by atoms with E-state index in [4.69, 9.17) is 9.84 Å². The van der Waals surface area contributed by atoms with Gasteiger partial charge < -0.3 is 14.7 Å². The molecule has 1 amide bonds. The van der Waals surface area contributed by atoms with Crippen LogP contribution in [0.1, 0.15) is 10.5 Å². The van der Waals surface area contributed by atoms with Crippen molar-refractivity contribution in [2.45, 2.75) is 0 Å². The molecule has 1 aromatic rings. The Kier molecular flexibility index (Phi) is 4.87. The van der Waals surface area contributed by atoms with Crippen LogP contribution in [0.2, 0.25) is 0 Å². The van der Waals surface area contributed by atoms with Gasteiger partial charge in [0.25, 0.3) is 5.91 Å². The number of hydrogen-bond acceptors (Lipinski definition) is 5. The number of carbonyl (C=O) groups excluding carboxylic acids is 1. The standard InChI is InChI=1S/C9H12N2O4S/c1-15-3-2-11(4-8(12)13)9(14)7-5-16-6-10-7/h5-6H,2-4H2,1H3,(H,12,13). The lowest BCUT2D eigenvalue weighted by molar-refractivity contribution is -0.137. The Morgan fingerprint density at radius 3 is 2.88 bits per heavy atom. The Morgan fingerprint density at radius 1 is 1.62 bits per heavy atom. The number of amides is 1. The quantitative estimate of drug-likeness (QED) is 0.779. The van der Waals surface area contributed by atoms with Crippen molar-refractivity contribution in [2.75, 3.05) is 26.8 Å². The summed E-state index contributed by atoms with van der Waals surface area (Å²) in [6.45, 7) is 0.183. The summed E-state index contributed by atoms with van der Waals surface area (Å²) in [4.78, 5) is 27.4. The van der Waals surface area contributed by atoms with Gasteiger partial charge in [-0.2, -0.15) is 0 Å². The van der Waals surface area contributed by atoms with E-state index in [1.165, 1.54) is 28.9 Å². The predicted molar refractivity (Wildman–Crippen MR) is 57.5 cm³/mol. The van der Waals surface area contributed by atoms with E-state index in [-0.39, 0.29) is 24.7 Å². The molecule has 0 atom stereocenters. The average molecular weight is 244 g/mol. The molecule has 16 heavy (non-hydrogen) atoms. The first kappa shape index (κ1) is 12.6. The molecular formula is C9H12N2O4S. The number of nitrogens with zero attached hydrogens (tertiary/aromatic N) is 2. The van der Waals surface area contributed by atoms with Gasteiger partial charge in [-0.25, -0.2) is 4.98 Å². The van der Waals surface area contributed by atoms with Crippen molar-refractivity contribution in [1.29, 1.82) is 0 Å². The molecule has 0 unspecified atom stereocenters. The maximum absolute atomic E-state index is 11.8. The minimum absolute atomic E-state index is 0.235. The van der Waals surface area contributed by atoms with E-state index in [9.17, 15) is 9.59 Å². The second-order valence-electron chi connectivity index (χ2n) is 2.99. The zero-order valence-corrected chi connectivity index (χ0v) is 9.57. The van der Waals surface area contributed by atoms with Gasteiger partial charge in [0, 0.05) is 19.0 Å². The molecule has 0 saturated heterocycles. The zero-order valence-electron chi connectivity index (χ0n) is 8.75. The van der Waals surface area contributed by atoms with Crippen molar-refractivity contribution in [2.24, 2.45) is 0 Å². The summed E-state index contributed by atoms with van der Waals surface area (Å²) in [5, 5.41) is 10.3. The first-order valence-corrected chi connectivity index (χ1v) is 5.47. The molecular weight excluding hydrogens is 232 g/mol. The lowest BCUT2D eigenvalue weighted by Crippen LogP contribution is -2.38. The van der Waals surface area contributed by atoms with Gasteiger partial charge in [0.05, 0.1) is 12.1 Å². The zero-order chi connectivity index (χ0) is 12.0. The molecule has 0 fully saturated rings. The molecule has 0 aromatic carbocycles. The van der Waals surface area contributed by atoms with Gasteiger partial charge in [-0.15, -0.1) is 11.3 Å². The molecule has 0 aliphatic carbocycles. The highest BCUT2D eigenvalue weighted by Gasteiger charge is 2.19. The van der Waals surface area contributed by atoms with Crippen LogP contribution in [0.25, 0.3) is 0 Å². The van der Waals surface area contributed by atoms with Crippen LogP contribution in [0, 0.1) is 0 Å². The van der Waals surface area contributed by atoms with E-state index >= 15 is 0 Å². The normalized spacial score (nSPS) is 10.1. The van der Waals surface area contributed by atoms with Crippen LogP contribution in [-0.2, 0) is 9.53 Å². The highest BCUT2D eigenvalue weighted by atomic mass is 32.1. The fraction of sp³-hybridized carbons (Fsp3) is 0.444. The van der Waals surface area contributed by atoms with E-state index in [1.54, 1.807) is 5.38 Å². The minimum atomic E-state index is -1.06. The Morgan fingerprint density at radius 2 is 2.38 bits per heavy atom. The maximum Gasteiger partial charge on any atom is 0.323 e. The average Bonchev–Trinajstić information content (AvgIpc) is 2.76. The van der Waals surface area contributed by atoms with Crippen LogP contribution in [0.5, 0.6) is 0 Å². The van der Waals surface area contributed by atoms with Gasteiger partial charge in [-0.05, 0) is 0 Å². The number of carboxylic acids is 1. The highest BCUT2D eigenvalue weighted by molar-refractivity contribution is 7.07. The molecule has 0 bridgehead atoms. The SMILES string of the molecule is COCCN(CC(=O)O)C(=O)c1cscn1. The van der Waals surface area contributed by atoms with Crippen molar-refractivity contribution < 1.29 is 19.4 Å². The third kappa shape index (κ3) is 3.59. The molecule has 0 aliphatic rings. The number of methoxy groups -OCH3 is 1. The summed E-state index contributed by atoms with van der Waals surface area (Å²) >= 11 is 1.29. The summed E-state index contributed by atoms with van der Waals surface area (Å²) in [5.74, 6) is -1.44. The molecule has 1 aromatic heterocycles. The van der Waals surface area contributed by atoms with Gasteiger partial charge in [-0.3, -0.25) is 9.59 Å². The molecule has 1 N–H and O–H groups in total. The summed E-state index contributed by atoms with van der Waals surface area (Å²) < 4.78 is 4.82. The van der Waals surface area contributed by atoms with Crippen LogP contribution in [0.4, 0.5) is 0 Å². The first-order chi connectivity index (χ1) is 7.65. The highest BCUT2D eigenvalue weighted by Crippen LogP contribution is 2.05. The van der Waals surface area contributed by atoms with Gasteiger partial charge in [0.15, 0.2) is 0 Å². The molecule has 0 saturated carbocycles. The lowest BCUT2D eigenvalue weighted by Gasteiger charge is -2.18. The molecule has 88 valence electrons. The van der Waals surface area contributed by atoms with Crippen molar-refractivity contribution >= 4 is 23.2 Å². The van der Waals surface area contributed by atoms with Crippen molar-refractivity contribution in [3.05, 3.63) is 16.6 Å². The topological polar surface area (TPSA) is 79.7 Å². The van der Waals surface area contributed by atoms with Crippen molar-refractivity contribution in [1.82, 2.24) is 9.88 Å². The number of aliphatic carboxylic acids is 1. The van der Waals surface area contributed by atoms with Gasteiger partial charge in [-0.1, -0.05) is 0 Å². The monoisotopic (exact) mass is 244 g/mol. The summed E-state index contributed by atoms with van der Waals surface area (Å²) in [5.41, 5.74) is 1.80. The summed E-state index contributed by atoms with van der Waals surface area (Å²) in [6, 6.07) is 0. The Bertz CT molecular complexity index is 352. The van der Waals surface area contributed by atoms with E-state index in [2.05, 4.69) is 4.98 Å². The Balaban J connectivity index is 2.67. The molecule has 0 spiro atoms. The molecule has 1 heterocycles. The number of rotatable bonds is 6. The number of thiazole rings is 1. The van der Waals surface area contributed by atoms with E-state index in [1.807, 2.05) is 0 Å². The molecule has 7 heteroatoms. The van der Waals surface area contributed by atoms with Gasteiger partial charge in [0.2, 0.25) is 0 Å². The van der Waals surface area contributed by atoms with Crippen LogP contribution in [0.3, 0.4) is 0 Å². The number of hydrogen-bond donors (Lipinski definition) is 1. The minimum Gasteiger partial charge on any atom is -0.480 e. The van der Waals surface area contributed by atoms with Gasteiger partial charge in [0.1, 0.15) is 12.2 Å². The van der Waals surface area contributed by atoms with Crippen LogP contribution in [-0.4, -0.2) is 53.7 Å². The molecule has 6 nitrogen and oxygen atoms in total. The third-order valence-corrected chi connectivity index (χ3v) is 2.42. The van der Waals surface area contributed by atoms with Crippen LogP contribution in [0.15, 0.2) is 10.9 Å². The Labute approximate surface area is 96.5 Å². The van der Waals surface area contributed by atoms with E-state index < -0.39 is 5.97 Å². The maximum atomic E-state index is 11.8. The number of aromatic nitrogens is 1. The fourth-order valence-electron chi connectivity index (χ4n) is 1.10. The van der Waals surface area contributed by atoms with Crippen molar-refractivity contribution in [3.63, 3.8) is 0 Å². The molecule has 1 rings (SSSR count). The van der Waals surface area contributed by atoms with E-state index in [0.29, 0.717) is 6.61 Å². The number of ether oxygens (including phenoxy) is 1. The smallest absolute Gasteiger partial charge is 0.323 e. The summed E-state index contributed by atoms with van der Waals surface area (Å²) in [7, 11) is 1.49. The van der Waals surface area contributed by atoms with Crippen LogP contribution < -0.4 is 0 Å². The van der Waals surface area contributed by atoms with E-state index in [0.717, 1.165) is 0 Å².